The Kier molecular flexibility index (Phi) is 1.56. The van der Waals surface area contributed by atoms with Crippen LogP contribution in [0.25, 0.3) is 0 Å². The number of methoxy groups -OCH3 is 1. The molecule has 0 atom stereocenters. The van der Waals surface area contributed by atoms with Crippen LogP contribution in [0, 0.1) is 0 Å². The van der Waals surface area contributed by atoms with Gasteiger partial charge >= 0.3 is 0 Å². The molecule has 0 saturated carbocycles. The summed E-state index contributed by atoms with van der Waals surface area (Å²) in [6, 6.07) is 0. The lowest BCUT2D eigenvalue weighted by atomic mass is 10.8. The Hall–Kier alpha value is -0.843. The summed E-state index contributed by atoms with van der Waals surface area (Å²) in [6.45, 7) is 6.58. The van der Waals surface area contributed by atoms with Crippen LogP contribution in [0.4, 0.5) is 0 Å². The van der Waals surface area contributed by atoms with Gasteiger partial charge in [-0.25, -0.2) is 0 Å². The molecule has 0 spiro atoms. The van der Waals surface area contributed by atoms with Crippen molar-refractivity contribution < 1.29 is 8.85 Å². The third-order valence-corrected chi connectivity index (χ3v) is 2.53. The van der Waals surface area contributed by atoms with Crippen LogP contribution in [-0.4, -0.2) is 30.1 Å². The molecular weight excluding hydrogens is 170 g/mol. The zero-order valence-corrected chi connectivity index (χ0v) is 8.53. The molecule has 1 heterocycles. The first-order chi connectivity index (χ1) is 6.66. The predicted octanol–water partition coefficient (Wildman–Crippen LogP) is 1.16. The zero-order chi connectivity index (χ0) is 11.7. The summed E-state index contributed by atoms with van der Waals surface area (Å²) in [5.74, 6) is 0.0493. The minimum atomic E-state index is -2.46. The minimum Gasteiger partial charge on any atom is -0.479 e. The molecule has 0 amide bonds. The van der Waals surface area contributed by atoms with Gasteiger partial charge in [0.25, 0.3) is 5.88 Å². The van der Waals surface area contributed by atoms with Gasteiger partial charge in [0.1, 0.15) is 0 Å². The fourth-order valence-electron chi connectivity index (χ4n) is 0.891. The van der Waals surface area contributed by atoms with Gasteiger partial charge in [0, 0.05) is 6.17 Å². The molecule has 0 fully saturated rings. The molecule has 68 valence electrons. The van der Waals surface area contributed by atoms with Crippen LogP contribution in [0.1, 0.15) is 4.11 Å². The minimum absolute atomic E-state index is 0.0493. The summed E-state index contributed by atoms with van der Waals surface area (Å²) < 4.78 is 27.0. The van der Waals surface area contributed by atoms with Crippen molar-refractivity contribution in [2.24, 2.45) is 0 Å². The maximum Gasteiger partial charge on any atom is 0.253 e. The predicted molar refractivity (Wildman–Crippen MR) is 49.9 cm³/mol. The van der Waals surface area contributed by atoms with E-state index in [2.05, 4.69) is 34.7 Å². The molecule has 1 aromatic heterocycles. The number of rotatable bonds is 3. The quantitative estimate of drug-likeness (QED) is 0.668. The van der Waals surface area contributed by atoms with Gasteiger partial charge in [-0.15, -0.1) is 0 Å². The van der Waals surface area contributed by atoms with Crippen molar-refractivity contribution in [1.82, 2.24) is 15.0 Å². The Morgan fingerprint density at radius 1 is 1.67 bits per heavy atom. The zero-order valence-electron chi connectivity index (χ0n) is 10.5. The highest BCUT2D eigenvalue weighted by Crippen LogP contribution is 2.07. The van der Waals surface area contributed by atoms with E-state index in [0.717, 1.165) is 6.17 Å². The molecule has 5 heteroatoms. The molecule has 0 bridgehead atoms. The van der Waals surface area contributed by atoms with Gasteiger partial charge in [-0.05, 0) is 0 Å². The Balaban J connectivity index is 2.65. The third-order valence-electron chi connectivity index (χ3n) is 1.26. The third kappa shape index (κ3) is 2.65. The van der Waals surface area contributed by atoms with Crippen molar-refractivity contribution in [3.05, 3.63) is 6.20 Å². The summed E-state index contributed by atoms with van der Waals surface area (Å²) in [5.41, 5.74) is 0. The van der Waals surface area contributed by atoms with Gasteiger partial charge in [-0.3, -0.25) is 4.68 Å². The van der Waals surface area contributed by atoms with Crippen molar-refractivity contribution in [3.8, 4) is 5.88 Å². The van der Waals surface area contributed by atoms with Gasteiger partial charge in [0.05, 0.1) is 25.4 Å². The molecule has 0 aliphatic rings. The molecule has 0 aliphatic heterocycles. The summed E-state index contributed by atoms with van der Waals surface area (Å²) in [5, 5.41) is 7.45. The second-order valence-corrected chi connectivity index (χ2v) is 9.35. The number of nitrogens with zero attached hydrogens (tertiary/aromatic N) is 3. The van der Waals surface area contributed by atoms with Crippen LogP contribution in [0.15, 0.2) is 6.20 Å². The van der Waals surface area contributed by atoms with Gasteiger partial charge < -0.3 is 4.74 Å². The Morgan fingerprint density at radius 3 is 3.00 bits per heavy atom. The largest absolute Gasteiger partial charge is 0.479 e. The Morgan fingerprint density at radius 2 is 2.42 bits per heavy atom. The summed E-state index contributed by atoms with van der Waals surface area (Å²) >= 11 is 0. The first-order valence-corrected chi connectivity index (χ1v) is 7.46. The van der Waals surface area contributed by atoms with E-state index in [0.29, 0.717) is 0 Å². The lowest BCUT2D eigenvalue weighted by molar-refractivity contribution is 0.397. The van der Waals surface area contributed by atoms with Gasteiger partial charge in [-0.2, -0.15) is 0 Å². The van der Waals surface area contributed by atoms with Crippen LogP contribution < -0.4 is 4.74 Å². The fraction of sp³-hybridized carbons (Fsp3) is 0.714. The number of hydrogen-bond donors (Lipinski definition) is 0. The Bertz CT molecular complexity index is 300. The molecule has 0 aromatic carbocycles. The van der Waals surface area contributed by atoms with E-state index in [9.17, 15) is 0 Å². The van der Waals surface area contributed by atoms with Crippen molar-refractivity contribution in [2.75, 3.05) is 7.04 Å². The van der Waals surface area contributed by atoms with E-state index >= 15 is 0 Å². The summed E-state index contributed by atoms with van der Waals surface area (Å²) in [7, 11) is -3.74. The molecule has 0 saturated heterocycles. The molecule has 0 radical (unpaired) electrons. The molecule has 1 aromatic rings. The maximum atomic E-state index is 6.90. The molecule has 12 heavy (non-hydrogen) atoms. The van der Waals surface area contributed by atoms with Crippen LogP contribution in [0.5, 0.6) is 5.88 Å². The van der Waals surface area contributed by atoms with E-state index in [1.165, 1.54) is 6.20 Å². The van der Waals surface area contributed by atoms with Crippen molar-refractivity contribution in [1.29, 1.82) is 0 Å². The summed E-state index contributed by atoms with van der Waals surface area (Å²) in [6.07, 6.45) is 2.31. The fourth-order valence-corrected chi connectivity index (χ4v) is 2.02. The lowest BCUT2D eigenvalue weighted by Crippen LogP contribution is -2.28. The maximum absolute atomic E-state index is 6.90. The standard InChI is InChI=1S/C7H15N3OSi/c1-11-7-5-10(9-8-7)6-12(2,3)4/h5H,6H2,1-4H3/i1D3. The highest BCUT2D eigenvalue weighted by atomic mass is 28.3. The van der Waals surface area contributed by atoms with E-state index in [1.807, 2.05) is 0 Å². The monoisotopic (exact) mass is 188 g/mol. The molecular formula is C7H15N3OSi. The smallest absolute Gasteiger partial charge is 0.253 e. The molecule has 1 rings (SSSR count). The number of aromatic nitrogens is 3. The Labute approximate surface area is 77.8 Å². The average molecular weight is 188 g/mol. The second-order valence-electron chi connectivity index (χ2n) is 3.92. The topological polar surface area (TPSA) is 39.9 Å². The molecule has 0 N–H and O–H groups in total. The molecule has 4 nitrogen and oxygen atoms in total. The van der Waals surface area contributed by atoms with E-state index < -0.39 is 15.1 Å². The SMILES string of the molecule is [2H]C([2H])([2H])Oc1cn(C[Si](C)(C)C)nn1. The van der Waals surface area contributed by atoms with Crippen molar-refractivity contribution in [2.45, 2.75) is 25.8 Å². The average Bonchev–Trinajstić information content (AvgIpc) is 2.28. The highest BCUT2D eigenvalue weighted by Gasteiger charge is 2.14. The number of hydrogen-bond acceptors (Lipinski definition) is 3. The molecule has 0 unspecified atom stereocenters. The lowest BCUT2D eigenvalue weighted by Gasteiger charge is -2.14. The highest BCUT2D eigenvalue weighted by molar-refractivity contribution is 6.74. The summed E-state index contributed by atoms with van der Waals surface area (Å²) in [4.78, 5) is 0. The van der Waals surface area contributed by atoms with Crippen molar-refractivity contribution in [3.63, 3.8) is 0 Å². The van der Waals surface area contributed by atoms with Crippen LogP contribution >= 0.6 is 0 Å². The van der Waals surface area contributed by atoms with Gasteiger partial charge in [0.2, 0.25) is 0 Å². The first kappa shape index (κ1) is 5.74. The van der Waals surface area contributed by atoms with Crippen LogP contribution in [0.2, 0.25) is 19.6 Å². The van der Waals surface area contributed by atoms with Crippen LogP contribution in [-0.2, 0) is 6.17 Å². The van der Waals surface area contributed by atoms with Gasteiger partial charge in [0.15, 0.2) is 0 Å². The first-order valence-electron chi connectivity index (χ1n) is 5.25. The van der Waals surface area contributed by atoms with Crippen molar-refractivity contribution >= 4 is 8.07 Å². The number of ether oxygens (including phenoxy) is 1. The van der Waals surface area contributed by atoms with E-state index in [1.54, 1.807) is 4.68 Å². The normalized spacial score (nSPS) is 16.4. The second kappa shape index (κ2) is 3.26. The van der Waals surface area contributed by atoms with E-state index in [-0.39, 0.29) is 5.88 Å². The molecule has 0 aliphatic carbocycles. The van der Waals surface area contributed by atoms with Crippen LogP contribution in [0.3, 0.4) is 0 Å². The van der Waals surface area contributed by atoms with E-state index in [4.69, 9.17) is 4.11 Å². The van der Waals surface area contributed by atoms with Gasteiger partial charge in [-0.1, -0.05) is 30.0 Å².